The Bertz CT molecular complexity index is 270. The Morgan fingerprint density at radius 3 is 2.59 bits per heavy atom. The van der Waals surface area contributed by atoms with Gasteiger partial charge in [0.05, 0.1) is 19.1 Å². The molecule has 0 radical (unpaired) electrons. The van der Waals surface area contributed by atoms with E-state index in [0.717, 1.165) is 0 Å². The zero-order valence-corrected chi connectivity index (χ0v) is 9.54. The molecule has 1 aliphatic heterocycles. The molecule has 1 saturated heterocycles. The molecule has 0 aliphatic carbocycles. The molecule has 1 fully saturated rings. The van der Waals surface area contributed by atoms with Crippen LogP contribution in [-0.4, -0.2) is 55.0 Å². The first-order chi connectivity index (χ1) is 7.84. The highest BCUT2D eigenvalue weighted by molar-refractivity contribution is 5.69. The van der Waals surface area contributed by atoms with Crippen LogP contribution in [0.4, 0.5) is 13.2 Å². The number of aliphatic carboxylic acids is 1. The van der Waals surface area contributed by atoms with Gasteiger partial charge in [0.1, 0.15) is 0 Å². The zero-order valence-electron chi connectivity index (χ0n) is 9.54. The largest absolute Gasteiger partial charge is 0.480 e. The van der Waals surface area contributed by atoms with Gasteiger partial charge in [0, 0.05) is 25.6 Å². The van der Waals surface area contributed by atoms with Crippen LogP contribution in [0.5, 0.6) is 0 Å². The first-order valence-electron chi connectivity index (χ1n) is 5.43. The number of nitrogens with zero attached hydrogens (tertiary/aromatic N) is 1. The second kappa shape index (κ2) is 5.68. The molecule has 0 saturated carbocycles. The predicted octanol–water partition coefficient (Wildman–Crippen LogP) is 1.22. The van der Waals surface area contributed by atoms with Crippen LogP contribution in [0.1, 0.15) is 6.92 Å². The average Bonchev–Trinajstić information content (AvgIpc) is 2.56. The van der Waals surface area contributed by atoms with E-state index in [1.165, 1.54) is 4.90 Å². The van der Waals surface area contributed by atoms with Crippen molar-refractivity contribution in [2.75, 3.05) is 32.8 Å². The molecule has 1 heterocycles. The fourth-order valence-corrected chi connectivity index (χ4v) is 2.09. The van der Waals surface area contributed by atoms with Gasteiger partial charge in [-0.2, -0.15) is 13.2 Å². The number of ether oxygens (including phenoxy) is 1. The standard InChI is InChI=1S/C10H16F3NO3/c1-2-17-6-7-3-14(5-9(15)16)4-8(7)10(11,12)13/h7-8H,2-6H2,1H3,(H,15,16)/t7-,8-/m0/s1. The summed E-state index contributed by atoms with van der Waals surface area (Å²) in [7, 11) is 0. The number of carbonyl (C=O) groups is 1. The van der Waals surface area contributed by atoms with Gasteiger partial charge in [-0.1, -0.05) is 0 Å². The smallest absolute Gasteiger partial charge is 0.393 e. The summed E-state index contributed by atoms with van der Waals surface area (Å²) >= 11 is 0. The summed E-state index contributed by atoms with van der Waals surface area (Å²) < 4.78 is 43.2. The van der Waals surface area contributed by atoms with Gasteiger partial charge in [0.25, 0.3) is 0 Å². The normalized spacial score (nSPS) is 26.4. The first kappa shape index (κ1) is 14.2. The van der Waals surface area contributed by atoms with Crippen molar-refractivity contribution in [3.8, 4) is 0 Å². The molecule has 4 nitrogen and oxygen atoms in total. The van der Waals surface area contributed by atoms with Crippen molar-refractivity contribution < 1.29 is 27.8 Å². The number of likely N-dealkylation sites (tertiary alicyclic amines) is 1. The van der Waals surface area contributed by atoms with Crippen LogP contribution in [0, 0.1) is 11.8 Å². The Kier molecular flexibility index (Phi) is 4.76. The number of hydrogen-bond acceptors (Lipinski definition) is 3. The van der Waals surface area contributed by atoms with Crippen molar-refractivity contribution in [1.29, 1.82) is 0 Å². The maximum Gasteiger partial charge on any atom is 0.393 e. The fraction of sp³-hybridized carbons (Fsp3) is 0.900. The van der Waals surface area contributed by atoms with Gasteiger partial charge >= 0.3 is 12.1 Å². The average molecular weight is 255 g/mol. The van der Waals surface area contributed by atoms with E-state index in [1.54, 1.807) is 6.92 Å². The lowest BCUT2D eigenvalue weighted by atomic mass is 9.96. The van der Waals surface area contributed by atoms with Crippen molar-refractivity contribution in [3.63, 3.8) is 0 Å². The van der Waals surface area contributed by atoms with Gasteiger partial charge in [-0.15, -0.1) is 0 Å². The summed E-state index contributed by atoms with van der Waals surface area (Å²) in [6.07, 6.45) is -4.30. The van der Waals surface area contributed by atoms with E-state index in [1.807, 2.05) is 0 Å². The minimum Gasteiger partial charge on any atom is -0.480 e. The second-order valence-electron chi connectivity index (χ2n) is 4.16. The molecular weight excluding hydrogens is 239 g/mol. The van der Waals surface area contributed by atoms with Crippen LogP contribution in [0.15, 0.2) is 0 Å². The van der Waals surface area contributed by atoms with Gasteiger partial charge in [0.2, 0.25) is 0 Å². The summed E-state index contributed by atoms with van der Waals surface area (Å²) in [4.78, 5) is 11.8. The van der Waals surface area contributed by atoms with E-state index in [9.17, 15) is 18.0 Å². The molecule has 2 atom stereocenters. The lowest BCUT2D eigenvalue weighted by molar-refractivity contribution is -0.184. The molecule has 0 aromatic rings. The van der Waals surface area contributed by atoms with Crippen LogP contribution in [-0.2, 0) is 9.53 Å². The molecule has 0 aromatic carbocycles. The van der Waals surface area contributed by atoms with Gasteiger partial charge in [0.15, 0.2) is 0 Å². The van der Waals surface area contributed by atoms with E-state index < -0.39 is 24.0 Å². The van der Waals surface area contributed by atoms with Crippen molar-refractivity contribution in [3.05, 3.63) is 0 Å². The molecule has 0 amide bonds. The Labute approximate surface area is 97.3 Å². The van der Waals surface area contributed by atoms with E-state index in [-0.39, 0.29) is 26.2 Å². The molecule has 100 valence electrons. The third-order valence-electron chi connectivity index (χ3n) is 2.83. The van der Waals surface area contributed by atoms with Crippen molar-refractivity contribution in [1.82, 2.24) is 4.90 Å². The molecule has 0 spiro atoms. The van der Waals surface area contributed by atoms with Crippen molar-refractivity contribution >= 4 is 5.97 Å². The summed E-state index contributed by atoms with van der Waals surface area (Å²) in [5.74, 6) is -3.27. The highest BCUT2D eigenvalue weighted by Crippen LogP contribution is 2.37. The van der Waals surface area contributed by atoms with Gasteiger partial charge in [-0.05, 0) is 6.92 Å². The van der Waals surface area contributed by atoms with Gasteiger partial charge < -0.3 is 9.84 Å². The highest BCUT2D eigenvalue weighted by atomic mass is 19.4. The fourth-order valence-electron chi connectivity index (χ4n) is 2.09. The number of halogens is 3. The van der Waals surface area contributed by atoms with Crippen LogP contribution in [0.25, 0.3) is 0 Å². The molecule has 0 aromatic heterocycles. The quantitative estimate of drug-likeness (QED) is 0.802. The van der Waals surface area contributed by atoms with Crippen molar-refractivity contribution in [2.45, 2.75) is 13.1 Å². The summed E-state index contributed by atoms with van der Waals surface area (Å²) in [5.41, 5.74) is 0. The van der Waals surface area contributed by atoms with E-state index in [2.05, 4.69) is 0 Å². The van der Waals surface area contributed by atoms with Crippen LogP contribution < -0.4 is 0 Å². The van der Waals surface area contributed by atoms with Crippen LogP contribution in [0.2, 0.25) is 0 Å². The number of carboxylic acids is 1. The lowest BCUT2D eigenvalue weighted by Crippen LogP contribution is -2.32. The Morgan fingerprint density at radius 1 is 1.47 bits per heavy atom. The number of carboxylic acid groups (broad SMARTS) is 1. The molecule has 0 unspecified atom stereocenters. The maximum absolute atomic E-state index is 12.7. The monoisotopic (exact) mass is 255 g/mol. The Morgan fingerprint density at radius 2 is 2.12 bits per heavy atom. The van der Waals surface area contributed by atoms with Crippen LogP contribution >= 0.6 is 0 Å². The Hall–Kier alpha value is -0.820. The number of rotatable bonds is 5. The zero-order chi connectivity index (χ0) is 13.1. The van der Waals surface area contributed by atoms with E-state index in [4.69, 9.17) is 9.84 Å². The Balaban J connectivity index is 2.62. The molecule has 7 heteroatoms. The number of alkyl halides is 3. The summed E-state index contributed by atoms with van der Waals surface area (Å²) in [5, 5.41) is 8.57. The molecule has 1 rings (SSSR count). The van der Waals surface area contributed by atoms with E-state index in [0.29, 0.717) is 6.61 Å². The minimum atomic E-state index is -4.30. The SMILES string of the molecule is CCOC[C@@H]1CN(CC(=O)O)C[C@@H]1C(F)(F)F. The molecular formula is C10H16F3NO3. The van der Waals surface area contributed by atoms with E-state index >= 15 is 0 Å². The third-order valence-corrected chi connectivity index (χ3v) is 2.83. The second-order valence-corrected chi connectivity index (χ2v) is 4.16. The summed E-state index contributed by atoms with van der Waals surface area (Å²) in [6.45, 7) is 1.61. The first-order valence-corrected chi connectivity index (χ1v) is 5.43. The topological polar surface area (TPSA) is 49.8 Å². The minimum absolute atomic E-state index is 0.0246. The molecule has 1 aliphatic rings. The number of hydrogen-bond donors (Lipinski definition) is 1. The molecule has 1 N–H and O–H groups in total. The molecule has 17 heavy (non-hydrogen) atoms. The van der Waals surface area contributed by atoms with Gasteiger partial charge in [-0.3, -0.25) is 9.69 Å². The lowest BCUT2D eigenvalue weighted by Gasteiger charge is -2.20. The van der Waals surface area contributed by atoms with Gasteiger partial charge in [-0.25, -0.2) is 0 Å². The van der Waals surface area contributed by atoms with Crippen molar-refractivity contribution in [2.24, 2.45) is 11.8 Å². The third kappa shape index (κ3) is 4.16. The highest BCUT2D eigenvalue weighted by Gasteiger charge is 2.49. The predicted molar refractivity (Wildman–Crippen MR) is 53.6 cm³/mol. The van der Waals surface area contributed by atoms with Crippen LogP contribution in [0.3, 0.4) is 0 Å². The molecule has 0 bridgehead atoms. The maximum atomic E-state index is 12.7. The summed E-state index contributed by atoms with van der Waals surface area (Å²) in [6, 6.07) is 0.